The third kappa shape index (κ3) is 5.41. The first-order valence-corrected chi connectivity index (χ1v) is 9.86. The maximum atomic E-state index is 13.0. The zero-order valence-electron chi connectivity index (χ0n) is 16.3. The SMILES string of the molecule is CN(CCCCCC1CC(c2ccc(F)cc2)NN1)C(=O)c1coc(CN)c1. The van der Waals surface area contributed by atoms with E-state index in [1.807, 2.05) is 19.2 Å². The molecule has 1 fully saturated rings. The van der Waals surface area contributed by atoms with Gasteiger partial charge in [-0.05, 0) is 43.0 Å². The van der Waals surface area contributed by atoms with Crippen LogP contribution in [0.4, 0.5) is 4.39 Å². The van der Waals surface area contributed by atoms with Crippen LogP contribution in [0.2, 0.25) is 0 Å². The monoisotopic (exact) mass is 388 g/mol. The van der Waals surface area contributed by atoms with Gasteiger partial charge in [0.15, 0.2) is 0 Å². The van der Waals surface area contributed by atoms with Gasteiger partial charge < -0.3 is 15.1 Å². The van der Waals surface area contributed by atoms with Gasteiger partial charge >= 0.3 is 0 Å². The summed E-state index contributed by atoms with van der Waals surface area (Å²) in [5.41, 5.74) is 13.8. The Labute approximate surface area is 165 Å². The van der Waals surface area contributed by atoms with Crippen LogP contribution in [0.1, 0.15) is 59.8 Å². The minimum Gasteiger partial charge on any atom is -0.467 e. The van der Waals surface area contributed by atoms with Crippen LogP contribution in [0.15, 0.2) is 41.0 Å². The molecule has 1 amide bonds. The normalized spacial score (nSPS) is 19.1. The summed E-state index contributed by atoms with van der Waals surface area (Å²) >= 11 is 0. The van der Waals surface area contributed by atoms with Crippen molar-refractivity contribution in [2.75, 3.05) is 13.6 Å². The van der Waals surface area contributed by atoms with Crippen LogP contribution in [0.5, 0.6) is 0 Å². The average Bonchev–Trinajstić information content (AvgIpc) is 3.37. The van der Waals surface area contributed by atoms with E-state index in [1.165, 1.54) is 18.4 Å². The molecule has 152 valence electrons. The predicted molar refractivity (Wildman–Crippen MR) is 106 cm³/mol. The quantitative estimate of drug-likeness (QED) is 0.575. The summed E-state index contributed by atoms with van der Waals surface area (Å²) in [5, 5.41) is 0. The van der Waals surface area contributed by atoms with E-state index in [9.17, 15) is 9.18 Å². The molecule has 28 heavy (non-hydrogen) atoms. The Hall–Kier alpha value is -2.22. The second kappa shape index (κ2) is 9.82. The molecule has 1 aromatic carbocycles. The van der Waals surface area contributed by atoms with Crippen molar-refractivity contribution in [1.29, 1.82) is 0 Å². The standard InChI is InChI=1S/C21H29FN4O2/c1-26(21(27)16-11-19(13-23)28-14-16)10-4-2-3-5-18-12-20(25-24-18)15-6-8-17(22)9-7-15/h6-9,11,14,18,20,24-25H,2-5,10,12-13,23H2,1H3. The van der Waals surface area contributed by atoms with Crippen molar-refractivity contribution in [3.63, 3.8) is 0 Å². The molecule has 0 radical (unpaired) electrons. The highest BCUT2D eigenvalue weighted by Gasteiger charge is 2.24. The maximum absolute atomic E-state index is 13.0. The van der Waals surface area contributed by atoms with Crippen molar-refractivity contribution in [2.45, 2.75) is 50.7 Å². The van der Waals surface area contributed by atoms with Crippen molar-refractivity contribution < 1.29 is 13.6 Å². The van der Waals surface area contributed by atoms with Gasteiger partial charge in [-0.2, -0.15) is 0 Å². The molecule has 2 unspecified atom stereocenters. The van der Waals surface area contributed by atoms with Gasteiger partial charge in [-0.1, -0.05) is 25.0 Å². The minimum absolute atomic E-state index is 0.0350. The van der Waals surface area contributed by atoms with Crippen LogP contribution in [-0.4, -0.2) is 30.4 Å². The molecule has 0 bridgehead atoms. The van der Waals surface area contributed by atoms with Gasteiger partial charge in [0.2, 0.25) is 0 Å². The molecule has 3 rings (SSSR count). The average molecular weight is 388 g/mol. The smallest absolute Gasteiger partial charge is 0.256 e. The lowest BCUT2D eigenvalue weighted by molar-refractivity contribution is 0.0791. The number of carbonyl (C=O) groups is 1. The maximum Gasteiger partial charge on any atom is 0.256 e. The van der Waals surface area contributed by atoms with Crippen molar-refractivity contribution in [3.05, 3.63) is 59.3 Å². The van der Waals surface area contributed by atoms with Crippen molar-refractivity contribution in [3.8, 4) is 0 Å². The van der Waals surface area contributed by atoms with Gasteiger partial charge in [0.25, 0.3) is 5.91 Å². The predicted octanol–water partition coefficient (Wildman–Crippen LogP) is 3.12. The first kappa shape index (κ1) is 20.5. The fourth-order valence-electron chi connectivity index (χ4n) is 3.56. The molecule has 2 atom stereocenters. The number of unbranched alkanes of at least 4 members (excludes halogenated alkanes) is 2. The summed E-state index contributed by atoms with van der Waals surface area (Å²) in [5.74, 6) is 0.378. The molecule has 7 heteroatoms. The largest absolute Gasteiger partial charge is 0.467 e. The van der Waals surface area contributed by atoms with Gasteiger partial charge in [-0.3, -0.25) is 15.6 Å². The van der Waals surface area contributed by atoms with E-state index in [2.05, 4.69) is 10.9 Å². The third-order valence-electron chi connectivity index (χ3n) is 5.25. The second-order valence-electron chi connectivity index (χ2n) is 7.41. The van der Waals surface area contributed by atoms with Crippen molar-refractivity contribution in [1.82, 2.24) is 15.8 Å². The van der Waals surface area contributed by atoms with E-state index in [1.54, 1.807) is 11.0 Å². The van der Waals surface area contributed by atoms with E-state index >= 15 is 0 Å². The van der Waals surface area contributed by atoms with Gasteiger partial charge in [-0.25, -0.2) is 4.39 Å². The minimum atomic E-state index is -0.206. The summed E-state index contributed by atoms with van der Waals surface area (Å²) in [6, 6.07) is 9.01. The van der Waals surface area contributed by atoms with Crippen LogP contribution in [-0.2, 0) is 6.54 Å². The first-order chi connectivity index (χ1) is 13.6. The van der Waals surface area contributed by atoms with Crippen LogP contribution < -0.4 is 16.6 Å². The number of nitrogens with zero attached hydrogens (tertiary/aromatic N) is 1. The molecule has 0 aliphatic carbocycles. The topological polar surface area (TPSA) is 83.5 Å². The van der Waals surface area contributed by atoms with Crippen LogP contribution in [0, 0.1) is 5.82 Å². The fourth-order valence-corrected chi connectivity index (χ4v) is 3.56. The number of nitrogens with one attached hydrogen (secondary N) is 2. The van der Waals surface area contributed by atoms with Gasteiger partial charge in [-0.15, -0.1) is 0 Å². The Kier molecular flexibility index (Phi) is 7.19. The molecule has 1 aliphatic rings. The molecule has 4 N–H and O–H groups in total. The van der Waals surface area contributed by atoms with Crippen molar-refractivity contribution >= 4 is 5.91 Å². The van der Waals surface area contributed by atoms with Crippen LogP contribution >= 0.6 is 0 Å². The van der Waals surface area contributed by atoms with E-state index in [4.69, 9.17) is 10.2 Å². The summed E-state index contributed by atoms with van der Waals surface area (Å²) in [6.45, 7) is 1.01. The summed E-state index contributed by atoms with van der Waals surface area (Å²) in [6.07, 6.45) is 6.66. The fraction of sp³-hybridized carbons (Fsp3) is 0.476. The molecular formula is C21H29FN4O2. The Bertz CT molecular complexity index is 762. The third-order valence-corrected chi connectivity index (χ3v) is 5.25. The molecule has 0 saturated carbocycles. The molecule has 6 nitrogen and oxygen atoms in total. The zero-order valence-corrected chi connectivity index (χ0v) is 16.3. The Morgan fingerprint density at radius 3 is 2.75 bits per heavy atom. The lowest BCUT2D eigenvalue weighted by Crippen LogP contribution is -2.30. The zero-order chi connectivity index (χ0) is 19.9. The van der Waals surface area contributed by atoms with E-state index in [-0.39, 0.29) is 17.8 Å². The van der Waals surface area contributed by atoms with E-state index < -0.39 is 0 Å². The first-order valence-electron chi connectivity index (χ1n) is 9.86. The van der Waals surface area contributed by atoms with Crippen LogP contribution in [0.25, 0.3) is 0 Å². The van der Waals surface area contributed by atoms with E-state index in [0.29, 0.717) is 23.9 Å². The van der Waals surface area contributed by atoms with Gasteiger partial charge in [0, 0.05) is 25.7 Å². The van der Waals surface area contributed by atoms with Gasteiger partial charge in [0.1, 0.15) is 17.8 Å². The number of hydrogen-bond donors (Lipinski definition) is 3. The number of amides is 1. The molecule has 2 aromatic rings. The Morgan fingerprint density at radius 1 is 1.25 bits per heavy atom. The number of nitrogens with two attached hydrogens (primary N) is 1. The highest BCUT2D eigenvalue weighted by Crippen LogP contribution is 2.24. The lowest BCUT2D eigenvalue weighted by Gasteiger charge is -2.16. The molecule has 1 aliphatic heterocycles. The summed E-state index contributed by atoms with van der Waals surface area (Å²) in [4.78, 5) is 14.0. The number of hydrogen-bond acceptors (Lipinski definition) is 5. The number of carbonyl (C=O) groups excluding carboxylic acids is 1. The van der Waals surface area contributed by atoms with Crippen molar-refractivity contribution in [2.24, 2.45) is 5.73 Å². The number of halogens is 1. The number of hydrazine groups is 1. The highest BCUT2D eigenvalue weighted by atomic mass is 19.1. The molecular weight excluding hydrogens is 359 g/mol. The Balaban J connectivity index is 1.31. The number of furan rings is 1. The molecule has 2 heterocycles. The van der Waals surface area contributed by atoms with E-state index in [0.717, 1.165) is 44.2 Å². The van der Waals surface area contributed by atoms with Crippen LogP contribution in [0.3, 0.4) is 0 Å². The molecule has 1 aromatic heterocycles. The Morgan fingerprint density at radius 2 is 2.04 bits per heavy atom. The molecule has 1 saturated heterocycles. The number of benzene rings is 1. The molecule has 0 spiro atoms. The lowest BCUT2D eigenvalue weighted by atomic mass is 9.99. The second-order valence-corrected chi connectivity index (χ2v) is 7.41. The summed E-state index contributed by atoms with van der Waals surface area (Å²) < 4.78 is 18.3. The summed E-state index contributed by atoms with van der Waals surface area (Å²) in [7, 11) is 1.81. The van der Waals surface area contributed by atoms with Gasteiger partial charge in [0.05, 0.1) is 12.1 Å². The number of rotatable bonds is 9. The highest BCUT2D eigenvalue weighted by molar-refractivity contribution is 5.93.